The highest BCUT2D eigenvalue weighted by atomic mass is 32.2. The minimum Gasteiger partial charge on any atom is -0.320 e. The van der Waals surface area contributed by atoms with Gasteiger partial charge in [-0.2, -0.15) is 0 Å². The number of aromatic nitrogens is 2. The average molecular weight is 430 g/mol. The number of anilines is 1. The van der Waals surface area contributed by atoms with Crippen LogP contribution in [-0.4, -0.2) is 33.0 Å². The van der Waals surface area contributed by atoms with E-state index in [4.69, 9.17) is 4.98 Å². The van der Waals surface area contributed by atoms with Crippen molar-refractivity contribution in [3.05, 3.63) is 35.7 Å². The van der Waals surface area contributed by atoms with Crippen LogP contribution in [0, 0.1) is 13.8 Å². The molecule has 0 radical (unpaired) electrons. The quantitative estimate of drug-likeness (QED) is 0.558. The summed E-state index contributed by atoms with van der Waals surface area (Å²) < 4.78 is 2.42. The van der Waals surface area contributed by atoms with Gasteiger partial charge >= 0.3 is 0 Å². The predicted octanol–water partition coefficient (Wildman–Crippen LogP) is 6.01. The first-order chi connectivity index (χ1) is 14.0. The molecule has 6 heteroatoms. The standard InChI is InChI=1S/C23H31N3OS2/c1-16-13-14-25(20-11-7-8-12-21(20)29-16)22(27)15-28-23-24-17(2)18(3)26(23)19-9-5-4-6-10-19/h7-8,11-12,16,19H,4-6,9-10,13-15H2,1-3H3. The van der Waals surface area contributed by atoms with Crippen LogP contribution in [0.2, 0.25) is 0 Å². The number of hydrogen-bond acceptors (Lipinski definition) is 4. The van der Waals surface area contributed by atoms with Gasteiger partial charge in [-0.05, 0) is 45.2 Å². The Bertz CT molecular complexity index is 873. The fraction of sp³-hybridized carbons (Fsp3) is 0.565. The largest absolute Gasteiger partial charge is 0.320 e. The van der Waals surface area contributed by atoms with Crippen LogP contribution in [0.1, 0.15) is 62.9 Å². The third kappa shape index (κ3) is 4.53. The number of amides is 1. The molecule has 2 aliphatic rings. The van der Waals surface area contributed by atoms with Crippen LogP contribution >= 0.6 is 23.5 Å². The van der Waals surface area contributed by atoms with E-state index < -0.39 is 0 Å². The normalized spacial score (nSPS) is 20.4. The van der Waals surface area contributed by atoms with Crippen LogP contribution in [-0.2, 0) is 4.79 Å². The molecule has 1 amide bonds. The third-order valence-electron chi connectivity index (χ3n) is 6.16. The molecule has 1 aliphatic heterocycles. The Balaban J connectivity index is 1.51. The fourth-order valence-corrected chi connectivity index (χ4v) is 6.57. The molecule has 156 valence electrons. The summed E-state index contributed by atoms with van der Waals surface area (Å²) in [6.07, 6.45) is 7.41. The molecular weight excluding hydrogens is 398 g/mol. The van der Waals surface area contributed by atoms with E-state index in [9.17, 15) is 4.79 Å². The van der Waals surface area contributed by atoms with Crippen molar-refractivity contribution in [1.82, 2.24) is 9.55 Å². The second-order valence-electron chi connectivity index (χ2n) is 8.25. The summed E-state index contributed by atoms with van der Waals surface area (Å²) in [6.45, 7) is 7.30. The summed E-state index contributed by atoms with van der Waals surface area (Å²) in [4.78, 5) is 21.3. The van der Waals surface area contributed by atoms with Gasteiger partial charge in [0.1, 0.15) is 0 Å². The molecule has 1 saturated carbocycles. The van der Waals surface area contributed by atoms with Crippen LogP contribution in [0.4, 0.5) is 5.69 Å². The Kier molecular flexibility index (Phi) is 6.60. The van der Waals surface area contributed by atoms with E-state index in [2.05, 4.69) is 43.5 Å². The average Bonchev–Trinajstić information content (AvgIpc) is 2.90. The fourth-order valence-electron chi connectivity index (χ4n) is 4.42. The lowest BCUT2D eigenvalue weighted by Crippen LogP contribution is -2.33. The van der Waals surface area contributed by atoms with Gasteiger partial charge in [0.05, 0.1) is 17.1 Å². The molecule has 29 heavy (non-hydrogen) atoms. The van der Waals surface area contributed by atoms with E-state index in [0.29, 0.717) is 17.0 Å². The molecule has 2 heterocycles. The maximum atomic E-state index is 13.2. The molecule has 1 fully saturated rings. The van der Waals surface area contributed by atoms with Gasteiger partial charge in [-0.15, -0.1) is 11.8 Å². The Morgan fingerprint density at radius 1 is 1.17 bits per heavy atom. The highest BCUT2D eigenvalue weighted by Crippen LogP contribution is 2.38. The van der Waals surface area contributed by atoms with Gasteiger partial charge in [-0.3, -0.25) is 4.79 Å². The number of carbonyl (C=O) groups is 1. The highest BCUT2D eigenvalue weighted by Gasteiger charge is 2.26. The Morgan fingerprint density at radius 2 is 1.93 bits per heavy atom. The molecule has 4 nitrogen and oxygen atoms in total. The van der Waals surface area contributed by atoms with Crippen molar-refractivity contribution in [1.29, 1.82) is 0 Å². The molecule has 0 N–H and O–H groups in total. The number of fused-ring (bicyclic) bond motifs is 1. The molecule has 0 spiro atoms. The minimum atomic E-state index is 0.186. The molecule has 0 bridgehead atoms. The number of thioether (sulfide) groups is 2. The Hall–Kier alpha value is -1.40. The Labute approximate surface area is 182 Å². The smallest absolute Gasteiger partial charge is 0.237 e. The van der Waals surface area contributed by atoms with Crippen LogP contribution < -0.4 is 4.90 Å². The maximum absolute atomic E-state index is 13.2. The van der Waals surface area contributed by atoms with Gasteiger partial charge in [0.25, 0.3) is 0 Å². The SMILES string of the molecule is Cc1nc(SCC(=O)N2CCC(C)Sc3ccccc32)n(C2CCCCC2)c1C. The molecule has 0 saturated heterocycles. The molecule has 1 aromatic heterocycles. The lowest BCUT2D eigenvalue weighted by Gasteiger charge is -2.26. The van der Waals surface area contributed by atoms with E-state index in [1.54, 1.807) is 11.8 Å². The van der Waals surface area contributed by atoms with Crippen molar-refractivity contribution in [3.63, 3.8) is 0 Å². The van der Waals surface area contributed by atoms with Crippen molar-refractivity contribution >= 4 is 35.1 Å². The number of nitrogens with zero attached hydrogens (tertiary/aromatic N) is 3. The third-order valence-corrected chi connectivity index (χ3v) is 8.34. The second-order valence-corrected chi connectivity index (χ2v) is 10.7. The van der Waals surface area contributed by atoms with Gasteiger partial charge in [0.2, 0.25) is 5.91 Å². The van der Waals surface area contributed by atoms with Crippen molar-refractivity contribution in [2.75, 3.05) is 17.2 Å². The van der Waals surface area contributed by atoms with E-state index in [0.717, 1.165) is 29.5 Å². The zero-order valence-electron chi connectivity index (χ0n) is 17.7. The van der Waals surface area contributed by atoms with Crippen molar-refractivity contribution in [3.8, 4) is 0 Å². The monoisotopic (exact) mass is 429 g/mol. The molecule has 4 rings (SSSR count). The predicted molar refractivity (Wildman–Crippen MR) is 123 cm³/mol. The van der Waals surface area contributed by atoms with Crippen LogP contribution in [0.15, 0.2) is 34.3 Å². The number of benzene rings is 1. The van der Waals surface area contributed by atoms with Gasteiger partial charge in [-0.25, -0.2) is 4.98 Å². The molecule has 1 unspecified atom stereocenters. The van der Waals surface area contributed by atoms with Crippen molar-refractivity contribution in [2.24, 2.45) is 0 Å². The maximum Gasteiger partial charge on any atom is 0.237 e. The molecule has 1 atom stereocenters. The first-order valence-electron chi connectivity index (χ1n) is 10.8. The summed E-state index contributed by atoms with van der Waals surface area (Å²) in [7, 11) is 0. The number of aryl methyl sites for hydroxylation is 1. The van der Waals surface area contributed by atoms with E-state index in [1.807, 2.05) is 22.7 Å². The molecule has 1 aromatic carbocycles. The second kappa shape index (κ2) is 9.17. The van der Waals surface area contributed by atoms with Gasteiger partial charge in [-0.1, -0.05) is 50.1 Å². The van der Waals surface area contributed by atoms with E-state index in [-0.39, 0.29) is 5.91 Å². The summed E-state index contributed by atoms with van der Waals surface area (Å²) in [5.41, 5.74) is 3.42. The number of para-hydroxylation sites is 1. The number of imidazole rings is 1. The van der Waals surface area contributed by atoms with Crippen LogP contribution in [0.3, 0.4) is 0 Å². The first-order valence-corrected chi connectivity index (χ1v) is 12.7. The summed E-state index contributed by atoms with van der Waals surface area (Å²) in [5, 5.41) is 1.54. The highest BCUT2D eigenvalue weighted by molar-refractivity contribution is 8.00. The number of hydrogen-bond donors (Lipinski definition) is 0. The number of rotatable bonds is 4. The first kappa shape index (κ1) is 20.9. The lowest BCUT2D eigenvalue weighted by atomic mass is 9.95. The van der Waals surface area contributed by atoms with Gasteiger partial charge in [0, 0.05) is 28.4 Å². The van der Waals surface area contributed by atoms with Crippen LogP contribution in [0.25, 0.3) is 0 Å². The van der Waals surface area contributed by atoms with Gasteiger partial charge in [0.15, 0.2) is 5.16 Å². The summed E-state index contributed by atoms with van der Waals surface area (Å²) in [5.74, 6) is 0.626. The minimum absolute atomic E-state index is 0.186. The van der Waals surface area contributed by atoms with E-state index in [1.165, 1.54) is 42.7 Å². The topological polar surface area (TPSA) is 38.1 Å². The van der Waals surface area contributed by atoms with Crippen molar-refractivity contribution < 1.29 is 4.79 Å². The number of carbonyl (C=O) groups excluding carboxylic acids is 1. The Morgan fingerprint density at radius 3 is 2.72 bits per heavy atom. The lowest BCUT2D eigenvalue weighted by molar-refractivity contribution is -0.116. The molecule has 2 aromatic rings. The zero-order valence-corrected chi connectivity index (χ0v) is 19.3. The van der Waals surface area contributed by atoms with E-state index >= 15 is 0 Å². The summed E-state index contributed by atoms with van der Waals surface area (Å²) >= 11 is 3.49. The molecular formula is C23H31N3OS2. The zero-order chi connectivity index (χ0) is 20.4. The van der Waals surface area contributed by atoms with Crippen molar-refractivity contribution in [2.45, 2.75) is 80.6 Å². The van der Waals surface area contributed by atoms with Gasteiger partial charge < -0.3 is 9.47 Å². The summed E-state index contributed by atoms with van der Waals surface area (Å²) in [6, 6.07) is 8.86. The molecule has 1 aliphatic carbocycles. The van der Waals surface area contributed by atoms with Crippen LogP contribution in [0.5, 0.6) is 0 Å².